The fourth-order valence-corrected chi connectivity index (χ4v) is 6.93. The SMILES string of the molecule is C#C[C@H]1CCC2C3CCC4=CC(=O)CC[C@]4(CO)C3C[C@@H](C)C21. The van der Waals surface area contributed by atoms with Gasteiger partial charge in [0, 0.05) is 17.8 Å². The van der Waals surface area contributed by atoms with Crippen molar-refractivity contribution in [3.63, 3.8) is 0 Å². The van der Waals surface area contributed by atoms with Gasteiger partial charge in [0.25, 0.3) is 0 Å². The van der Waals surface area contributed by atoms with Gasteiger partial charge in [-0.2, -0.15) is 0 Å². The standard InChI is InChI=1S/C21H28O2/c1-3-14-4-6-18-17-7-5-15-11-16(23)8-9-21(15,12-22)19(17)10-13(2)20(14)18/h1,11,13-14,17-20,22H,4-10,12H2,2H3/t13-,14+,17?,18?,19?,20?,21-/m1/s1. The molecular weight excluding hydrogens is 284 g/mol. The lowest BCUT2D eigenvalue weighted by Crippen LogP contribution is -2.52. The molecule has 3 saturated carbocycles. The molecule has 23 heavy (non-hydrogen) atoms. The number of terminal acetylenes is 1. The summed E-state index contributed by atoms with van der Waals surface area (Å²) >= 11 is 0. The average Bonchev–Trinajstić information content (AvgIpc) is 2.99. The van der Waals surface area contributed by atoms with Gasteiger partial charge >= 0.3 is 0 Å². The van der Waals surface area contributed by atoms with E-state index in [0.717, 1.165) is 18.8 Å². The third kappa shape index (κ3) is 2.09. The Kier molecular flexibility index (Phi) is 3.69. The minimum absolute atomic E-state index is 0.107. The van der Waals surface area contributed by atoms with E-state index in [0.29, 0.717) is 36.0 Å². The minimum atomic E-state index is -0.107. The zero-order valence-corrected chi connectivity index (χ0v) is 14.1. The van der Waals surface area contributed by atoms with Crippen LogP contribution < -0.4 is 0 Å². The monoisotopic (exact) mass is 312 g/mol. The van der Waals surface area contributed by atoms with Crippen LogP contribution in [0.15, 0.2) is 11.6 Å². The molecule has 124 valence electrons. The molecule has 0 radical (unpaired) electrons. The van der Waals surface area contributed by atoms with E-state index in [1.807, 2.05) is 6.08 Å². The second-order valence-corrected chi connectivity index (χ2v) is 8.56. The highest BCUT2D eigenvalue weighted by Crippen LogP contribution is 2.63. The summed E-state index contributed by atoms with van der Waals surface area (Å²) in [6.45, 7) is 2.59. The van der Waals surface area contributed by atoms with E-state index in [1.165, 1.54) is 31.3 Å². The predicted molar refractivity (Wildman–Crippen MR) is 90.4 cm³/mol. The van der Waals surface area contributed by atoms with Gasteiger partial charge in [-0.15, -0.1) is 12.3 Å². The smallest absolute Gasteiger partial charge is 0.155 e. The first-order valence-corrected chi connectivity index (χ1v) is 9.41. The minimum Gasteiger partial charge on any atom is -0.395 e. The summed E-state index contributed by atoms with van der Waals surface area (Å²) in [6, 6.07) is 0. The van der Waals surface area contributed by atoms with Gasteiger partial charge in [0.2, 0.25) is 0 Å². The zero-order valence-electron chi connectivity index (χ0n) is 14.1. The molecule has 4 aliphatic carbocycles. The van der Waals surface area contributed by atoms with Crippen LogP contribution in [0.4, 0.5) is 0 Å². The fourth-order valence-electron chi connectivity index (χ4n) is 6.93. The lowest BCUT2D eigenvalue weighted by Gasteiger charge is -2.57. The molecule has 4 aliphatic rings. The molecule has 2 heteroatoms. The van der Waals surface area contributed by atoms with Crippen molar-refractivity contribution in [2.45, 2.75) is 51.9 Å². The van der Waals surface area contributed by atoms with Crippen molar-refractivity contribution in [3.05, 3.63) is 11.6 Å². The summed E-state index contributed by atoms with van der Waals surface area (Å²) < 4.78 is 0. The van der Waals surface area contributed by atoms with Gasteiger partial charge in [-0.25, -0.2) is 0 Å². The van der Waals surface area contributed by atoms with Crippen LogP contribution in [-0.4, -0.2) is 17.5 Å². The third-order valence-corrected chi connectivity index (χ3v) is 7.86. The largest absolute Gasteiger partial charge is 0.395 e. The predicted octanol–water partition coefficient (Wildman–Crippen LogP) is 3.60. The molecule has 7 atom stereocenters. The average molecular weight is 312 g/mol. The van der Waals surface area contributed by atoms with Gasteiger partial charge in [0.1, 0.15) is 0 Å². The number of aliphatic hydroxyl groups excluding tert-OH is 1. The number of fused-ring (bicyclic) bond motifs is 5. The summed E-state index contributed by atoms with van der Waals surface area (Å²) in [5, 5.41) is 10.3. The normalized spacial score (nSPS) is 48.7. The van der Waals surface area contributed by atoms with Gasteiger partial charge in [0.15, 0.2) is 5.78 Å². The van der Waals surface area contributed by atoms with Crippen LogP contribution in [-0.2, 0) is 4.79 Å². The first-order chi connectivity index (χ1) is 11.1. The Morgan fingerprint density at radius 2 is 2.13 bits per heavy atom. The molecule has 0 aromatic rings. The van der Waals surface area contributed by atoms with Crippen LogP contribution >= 0.6 is 0 Å². The summed E-state index contributed by atoms with van der Waals surface area (Å²) in [7, 11) is 0. The maximum Gasteiger partial charge on any atom is 0.155 e. The molecule has 4 unspecified atom stereocenters. The molecule has 0 amide bonds. The van der Waals surface area contributed by atoms with Crippen LogP contribution in [0.5, 0.6) is 0 Å². The van der Waals surface area contributed by atoms with Gasteiger partial charge in [-0.3, -0.25) is 4.79 Å². The van der Waals surface area contributed by atoms with Gasteiger partial charge in [0.05, 0.1) is 6.61 Å². The van der Waals surface area contributed by atoms with E-state index in [-0.39, 0.29) is 17.8 Å². The Morgan fingerprint density at radius 3 is 2.87 bits per heavy atom. The second-order valence-electron chi connectivity index (χ2n) is 8.56. The Labute approximate surface area is 139 Å². The summed E-state index contributed by atoms with van der Waals surface area (Å²) in [5.74, 6) is 7.12. The quantitative estimate of drug-likeness (QED) is 0.751. The van der Waals surface area contributed by atoms with Crippen LogP contribution in [0.3, 0.4) is 0 Å². The van der Waals surface area contributed by atoms with E-state index in [1.54, 1.807) is 0 Å². The van der Waals surface area contributed by atoms with Crippen molar-refractivity contribution in [2.24, 2.45) is 40.9 Å². The van der Waals surface area contributed by atoms with Crippen molar-refractivity contribution in [1.82, 2.24) is 0 Å². The van der Waals surface area contributed by atoms with Crippen molar-refractivity contribution >= 4 is 5.78 Å². The molecule has 0 aromatic heterocycles. The molecule has 2 nitrogen and oxygen atoms in total. The van der Waals surface area contributed by atoms with E-state index >= 15 is 0 Å². The molecule has 0 bridgehead atoms. The molecule has 0 aliphatic heterocycles. The number of carbonyl (C=O) groups excluding carboxylic acids is 1. The molecular formula is C21H28O2. The first kappa shape index (κ1) is 15.5. The molecule has 1 N–H and O–H groups in total. The van der Waals surface area contributed by atoms with Crippen molar-refractivity contribution < 1.29 is 9.90 Å². The first-order valence-electron chi connectivity index (χ1n) is 9.41. The van der Waals surface area contributed by atoms with Gasteiger partial charge in [-0.05, 0) is 74.2 Å². The molecule has 4 rings (SSSR count). The maximum atomic E-state index is 11.9. The molecule has 0 spiro atoms. The fraction of sp³-hybridized carbons (Fsp3) is 0.762. The number of carbonyl (C=O) groups is 1. The maximum absolute atomic E-state index is 11.9. The molecule has 3 fully saturated rings. The van der Waals surface area contributed by atoms with E-state index in [4.69, 9.17) is 6.42 Å². The van der Waals surface area contributed by atoms with Crippen molar-refractivity contribution in [2.75, 3.05) is 6.61 Å². The highest BCUT2D eigenvalue weighted by molar-refractivity contribution is 5.91. The third-order valence-electron chi connectivity index (χ3n) is 7.86. The number of hydrogen-bond acceptors (Lipinski definition) is 2. The number of ketones is 1. The number of hydrogen-bond donors (Lipinski definition) is 1. The Morgan fingerprint density at radius 1 is 1.30 bits per heavy atom. The lowest BCUT2D eigenvalue weighted by molar-refractivity contribution is -0.118. The molecule has 0 aromatic carbocycles. The summed E-state index contributed by atoms with van der Waals surface area (Å²) in [4.78, 5) is 11.9. The van der Waals surface area contributed by atoms with Crippen LogP contribution in [0, 0.1) is 53.3 Å². The zero-order chi connectivity index (χ0) is 16.2. The summed E-state index contributed by atoms with van der Waals surface area (Å²) in [6.07, 6.45) is 15.0. The Hall–Kier alpha value is -1.07. The molecule has 0 heterocycles. The van der Waals surface area contributed by atoms with E-state index in [2.05, 4.69) is 12.8 Å². The number of rotatable bonds is 1. The van der Waals surface area contributed by atoms with Crippen molar-refractivity contribution in [1.29, 1.82) is 0 Å². The summed E-state index contributed by atoms with van der Waals surface area (Å²) in [5.41, 5.74) is 1.15. The van der Waals surface area contributed by atoms with Crippen LogP contribution in [0.1, 0.15) is 51.9 Å². The highest BCUT2D eigenvalue weighted by atomic mass is 16.3. The van der Waals surface area contributed by atoms with Gasteiger partial charge in [-0.1, -0.05) is 12.5 Å². The van der Waals surface area contributed by atoms with Crippen LogP contribution in [0.25, 0.3) is 0 Å². The van der Waals surface area contributed by atoms with Gasteiger partial charge < -0.3 is 5.11 Å². The highest BCUT2D eigenvalue weighted by Gasteiger charge is 2.57. The Balaban J connectivity index is 1.71. The second kappa shape index (κ2) is 5.49. The topological polar surface area (TPSA) is 37.3 Å². The number of aliphatic hydroxyl groups is 1. The van der Waals surface area contributed by atoms with Crippen molar-refractivity contribution in [3.8, 4) is 12.3 Å². The Bertz CT molecular complexity index is 583. The molecule has 0 saturated heterocycles. The van der Waals surface area contributed by atoms with Crippen LogP contribution in [0.2, 0.25) is 0 Å². The van der Waals surface area contributed by atoms with E-state index in [9.17, 15) is 9.90 Å². The van der Waals surface area contributed by atoms with E-state index < -0.39 is 0 Å². The lowest BCUT2D eigenvalue weighted by atomic mass is 9.47.